The smallest absolute Gasteiger partial charge is 0.219 e. The molecule has 2 rings (SSSR count). The second kappa shape index (κ2) is 12.0. The van der Waals surface area contributed by atoms with Gasteiger partial charge in [0.1, 0.15) is 5.75 Å². The number of hydrogen-bond donors (Lipinski definition) is 1. The SMILES string of the molecule is CN=C(NCCN1CCN(C(C)=O)CC1)N(C)Cc1ccc(OC)cc1.I. The minimum atomic E-state index is 0. The molecule has 1 amide bonds. The van der Waals surface area contributed by atoms with Crippen molar-refractivity contribution in [2.45, 2.75) is 13.5 Å². The van der Waals surface area contributed by atoms with Crippen LogP contribution in [0.15, 0.2) is 29.3 Å². The summed E-state index contributed by atoms with van der Waals surface area (Å²) in [5.41, 5.74) is 1.21. The van der Waals surface area contributed by atoms with Crippen LogP contribution in [0.4, 0.5) is 0 Å². The number of amides is 1. The quantitative estimate of drug-likeness (QED) is 0.373. The molecule has 1 aromatic rings. The predicted octanol–water partition coefficient (Wildman–Crippen LogP) is 1.48. The van der Waals surface area contributed by atoms with Gasteiger partial charge in [-0.1, -0.05) is 12.1 Å². The molecule has 1 saturated heterocycles. The second-order valence-electron chi connectivity index (χ2n) is 6.53. The largest absolute Gasteiger partial charge is 0.497 e. The van der Waals surface area contributed by atoms with Crippen LogP contribution in [0, 0.1) is 0 Å². The molecule has 8 heteroatoms. The lowest BCUT2D eigenvalue weighted by atomic mass is 10.2. The van der Waals surface area contributed by atoms with Gasteiger partial charge in [0.05, 0.1) is 7.11 Å². The minimum absolute atomic E-state index is 0. The molecule has 0 radical (unpaired) electrons. The molecular formula is C19H32IN5O2. The number of guanidine groups is 1. The second-order valence-corrected chi connectivity index (χ2v) is 6.53. The Balaban J connectivity index is 0.00000364. The lowest BCUT2D eigenvalue weighted by molar-refractivity contribution is -0.130. The Morgan fingerprint density at radius 1 is 1.22 bits per heavy atom. The molecule has 1 aromatic carbocycles. The fourth-order valence-electron chi connectivity index (χ4n) is 3.08. The molecule has 1 aliphatic heterocycles. The Hall–Kier alpha value is -1.55. The molecule has 0 aromatic heterocycles. The molecule has 152 valence electrons. The Morgan fingerprint density at radius 2 is 1.85 bits per heavy atom. The molecule has 0 aliphatic carbocycles. The molecular weight excluding hydrogens is 457 g/mol. The van der Waals surface area contributed by atoms with Crippen LogP contribution in [0.25, 0.3) is 0 Å². The molecule has 1 aliphatic rings. The van der Waals surface area contributed by atoms with E-state index in [1.54, 1.807) is 21.1 Å². The van der Waals surface area contributed by atoms with Crippen molar-refractivity contribution >= 4 is 35.8 Å². The summed E-state index contributed by atoms with van der Waals surface area (Å²) in [5.74, 6) is 1.91. The highest BCUT2D eigenvalue weighted by molar-refractivity contribution is 14.0. The Morgan fingerprint density at radius 3 is 2.37 bits per heavy atom. The highest BCUT2D eigenvalue weighted by Gasteiger charge is 2.18. The number of hydrogen-bond acceptors (Lipinski definition) is 4. The standard InChI is InChI=1S/C19H31N5O2.HI/c1-16(25)24-13-11-23(12-14-24)10-9-21-19(20-2)22(3)15-17-5-7-18(26-4)8-6-17;/h5-8H,9-15H2,1-4H3,(H,20,21);1H. The fraction of sp³-hybridized carbons (Fsp3) is 0.579. The maximum atomic E-state index is 11.4. The number of nitrogens with one attached hydrogen (secondary N) is 1. The number of benzene rings is 1. The van der Waals surface area contributed by atoms with E-state index in [2.05, 4.69) is 32.2 Å². The van der Waals surface area contributed by atoms with Gasteiger partial charge in [0.25, 0.3) is 0 Å². The van der Waals surface area contributed by atoms with E-state index in [4.69, 9.17) is 4.74 Å². The van der Waals surface area contributed by atoms with Gasteiger partial charge in [-0.15, -0.1) is 24.0 Å². The molecule has 1 N–H and O–H groups in total. The van der Waals surface area contributed by atoms with Crippen LogP contribution in [-0.2, 0) is 11.3 Å². The van der Waals surface area contributed by atoms with Gasteiger partial charge in [-0.2, -0.15) is 0 Å². The number of piperazine rings is 1. The number of rotatable bonds is 6. The Bertz CT molecular complexity index is 601. The zero-order valence-corrected chi connectivity index (χ0v) is 19.1. The van der Waals surface area contributed by atoms with Crippen molar-refractivity contribution in [2.75, 3.05) is 60.5 Å². The van der Waals surface area contributed by atoms with E-state index < -0.39 is 0 Å². The lowest BCUT2D eigenvalue weighted by Crippen LogP contribution is -2.50. The van der Waals surface area contributed by atoms with E-state index >= 15 is 0 Å². The van der Waals surface area contributed by atoms with E-state index in [-0.39, 0.29) is 29.9 Å². The molecule has 0 saturated carbocycles. The predicted molar refractivity (Wildman–Crippen MR) is 120 cm³/mol. The number of carbonyl (C=O) groups excluding carboxylic acids is 1. The van der Waals surface area contributed by atoms with Crippen LogP contribution in [-0.4, -0.2) is 87.0 Å². The zero-order valence-electron chi connectivity index (χ0n) is 16.8. The average Bonchev–Trinajstić information content (AvgIpc) is 2.66. The number of methoxy groups -OCH3 is 1. The van der Waals surface area contributed by atoms with Crippen molar-refractivity contribution in [1.29, 1.82) is 0 Å². The molecule has 0 spiro atoms. The number of aliphatic imine (C=N–C) groups is 1. The Labute approximate surface area is 179 Å². The van der Waals surface area contributed by atoms with E-state index in [9.17, 15) is 4.79 Å². The van der Waals surface area contributed by atoms with Gasteiger partial charge in [-0.3, -0.25) is 14.7 Å². The fourth-order valence-corrected chi connectivity index (χ4v) is 3.08. The summed E-state index contributed by atoms with van der Waals surface area (Å²) in [6, 6.07) is 8.08. The van der Waals surface area contributed by atoms with Gasteiger partial charge in [0.15, 0.2) is 5.96 Å². The molecule has 0 unspecified atom stereocenters. The van der Waals surface area contributed by atoms with E-state index in [0.717, 1.165) is 57.5 Å². The van der Waals surface area contributed by atoms with Crippen LogP contribution >= 0.6 is 24.0 Å². The topological polar surface area (TPSA) is 60.4 Å². The van der Waals surface area contributed by atoms with Crippen LogP contribution in [0.5, 0.6) is 5.75 Å². The van der Waals surface area contributed by atoms with Gasteiger partial charge in [0.2, 0.25) is 5.91 Å². The molecule has 7 nitrogen and oxygen atoms in total. The number of nitrogens with zero attached hydrogens (tertiary/aromatic N) is 4. The van der Waals surface area contributed by atoms with E-state index in [1.165, 1.54) is 5.56 Å². The molecule has 0 bridgehead atoms. The minimum Gasteiger partial charge on any atom is -0.497 e. The maximum absolute atomic E-state index is 11.4. The number of halogens is 1. The molecule has 0 atom stereocenters. The van der Waals surface area contributed by atoms with Crippen LogP contribution in [0.3, 0.4) is 0 Å². The van der Waals surface area contributed by atoms with Crippen LogP contribution in [0.2, 0.25) is 0 Å². The van der Waals surface area contributed by atoms with Crippen molar-refractivity contribution in [1.82, 2.24) is 20.0 Å². The van der Waals surface area contributed by atoms with E-state index in [0.29, 0.717) is 0 Å². The summed E-state index contributed by atoms with van der Waals surface area (Å²) in [7, 11) is 5.51. The third kappa shape index (κ3) is 7.53. The first kappa shape index (κ1) is 23.5. The van der Waals surface area contributed by atoms with Crippen molar-refractivity contribution in [3.63, 3.8) is 0 Å². The first-order valence-corrected chi connectivity index (χ1v) is 9.06. The van der Waals surface area contributed by atoms with Crippen molar-refractivity contribution < 1.29 is 9.53 Å². The maximum Gasteiger partial charge on any atom is 0.219 e. The summed E-state index contributed by atoms with van der Waals surface area (Å²) >= 11 is 0. The van der Waals surface area contributed by atoms with Crippen molar-refractivity contribution in [3.8, 4) is 5.75 Å². The molecule has 1 heterocycles. The van der Waals surface area contributed by atoms with Gasteiger partial charge >= 0.3 is 0 Å². The highest BCUT2D eigenvalue weighted by atomic mass is 127. The molecule has 27 heavy (non-hydrogen) atoms. The third-order valence-electron chi connectivity index (χ3n) is 4.68. The van der Waals surface area contributed by atoms with Gasteiger partial charge in [-0.05, 0) is 17.7 Å². The van der Waals surface area contributed by atoms with E-state index in [1.807, 2.05) is 24.1 Å². The first-order valence-electron chi connectivity index (χ1n) is 9.06. The normalized spacial score (nSPS) is 15.1. The summed E-state index contributed by atoms with van der Waals surface area (Å²) < 4.78 is 5.20. The average molecular weight is 489 g/mol. The number of carbonyl (C=O) groups is 1. The summed E-state index contributed by atoms with van der Waals surface area (Å²) in [4.78, 5) is 22.1. The van der Waals surface area contributed by atoms with Gasteiger partial charge in [0, 0.05) is 66.8 Å². The number of ether oxygens (including phenoxy) is 1. The van der Waals surface area contributed by atoms with Crippen molar-refractivity contribution in [2.24, 2.45) is 4.99 Å². The lowest BCUT2D eigenvalue weighted by Gasteiger charge is -2.34. The summed E-state index contributed by atoms with van der Waals surface area (Å²) in [6.45, 7) is 7.70. The van der Waals surface area contributed by atoms with Crippen molar-refractivity contribution in [3.05, 3.63) is 29.8 Å². The molecule has 1 fully saturated rings. The Kier molecular flexibility index (Phi) is 10.5. The monoisotopic (exact) mass is 489 g/mol. The summed E-state index contributed by atoms with van der Waals surface area (Å²) in [5, 5.41) is 3.42. The van der Waals surface area contributed by atoms with Gasteiger partial charge < -0.3 is 19.9 Å². The zero-order chi connectivity index (χ0) is 18.9. The van der Waals surface area contributed by atoms with Gasteiger partial charge in [-0.25, -0.2) is 0 Å². The van der Waals surface area contributed by atoms with Crippen LogP contribution < -0.4 is 10.1 Å². The third-order valence-corrected chi connectivity index (χ3v) is 4.68. The highest BCUT2D eigenvalue weighted by Crippen LogP contribution is 2.12. The van der Waals surface area contributed by atoms with Crippen LogP contribution in [0.1, 0.15) is 12.5 Å². The first-order chi connectivity index (χ1) is 12.5. The summed E-state index contributed by atoms with van der Waals surface area (Å²) in [6.07, 6.45) is 0.